The molecule has 70 valence electrons. The quantitative estimate of drug-likeness (QED) is 0.598. The number of hydrogen-bond donors (Lipinski definition) is 1. The molecule has 1 N–H and O–H groups in total. The fourth-order valence-corrected chi connectivity index (χ4v) is 2.59. The van der Waals surface area contributed by atoms with E-state index < -0.39 is 5.60 Å². The van der Waals surface area contributed by atoms with Gasteiger partial charge in [-0.25, -0.2) is 0 Å². The normalized spacial score (nSPS) is 59.0. The molecule has 12 heavy (non-hydrogen) atoms. The summed E-state index contributed by atoms with van der Waals surface area (Å²) in [5.74, 6) is 0.567. The highest BCUT2D eigenvalue weighted by Crippen LogP contribution is 2.45. The Hall–Kier alpha value is -0.0800. The van der Waals surface area contributed by atoms with Crippen LogP contribution in [0.15, 0.2) is 0 Å². The average Bonchev–Trinajstić information content (AvgIpc) is 2.45. The predicted molar refractivity (Wildman–Crippen MR) is 46.8 cm³/mol. The van der Waals surface area contributed by atoms with Crippen molar-refractivity contribution >= 4 is 0 Å². The summed E-state index contributed by atoms with van der Waals surface area (Å²) in [6, 6.07) is 0. The maximum absolute atomic E-state index is 10.2. The van der Waals surface area contributed by atoms with Gasteiger partial charge in [-0.2, -0.15) is 0 Å². The van der Waals surface area contributed by atoms with Gasteiger partial charge in [0.25, 0.3) is 0 Å². The van der Waals surface area contributed by atoms with Crippen LogP contribution in [-0.2, 0) is 4.74 Å². The van der Waals surface area contributed by atoms with Crippen molar-refractivity contribution in [2.45, 2.75) is 51.4 Å². The zero-order chi connectivity index (χ0) is 8.93. The molecule has 2 fully saturated rings. The SMILES string of the molecule is C[C@@H]1[C@@H]2CCC(O2)[C@H](C)C1(C)O. The lowest BCUT2D eigenvalue weighted by Crippen LogP contribution is -2.52. The number of rotatable bonds is 0. The van der Waals surface area contributed by atoms with E-state index in [1.54, 1.807) is 0 Å². The van der Waals surface area contributed by atoms with Gasteiger partial charge in [0, 0.05) is 11.8 Å². The molecule has 0 saturated carbocycles. The first-order valence-electron chi connectivity index (χ1n) is 4.91. The van der Waals surface area contributed by atoms with Crippen LogP contribution >= 0.6 is 0 Å². The Bertz CT molecular complexity index is 170. The van der Waals surface area contributed by atoms with Crippen LogP contribution in [0, 0.1) is 11.8 Å². The van der Waals surface area contributed by atoms with E-state index in [9.17, 15) is 5.11 Å². The van der Waals surface area contributed by atoms with E-state index in [4.69, 9.17) is 4.74 Å². The summed E-state index contributed by atoms with van der Waals surface area (Å²) in [5, 5.41) is 10.2. The van der Waals surface area contributed by atoms with Crippen molar-refractivity contribution in [2.24, 2.45) is 11.8 Å². The average molecular weight is 170 g/mol. The van der Waals surface area contributed by atoms with Gasteiger partial charge >= 0.3 is 0 Å². The van der Waals surface area contributed by atoms with Gasteiger partial charge in [0.05, 0.1) is 17.8 Å². The monoisotopic (exact) mass is 170 g/mol. The zero-order valence-corrected chi connectivity index (χ0v) is 8.08. The summed E-state index contributed by atoms with van der Waals surface area (Å²) < 4.78 is 5.80. The maximum atomic E-state index is 10.2. The third-order valence-electron chi connectivity index (χ3n) is 4.04. The first-order valence-corrected chi connectivity index (χ1v) is 4.91. The molecule has 0 aromatic carbocycles. The Balaban J connectivity index is 2.27. The third kappa shape index (κ3) is 0.944. The lowest BCUT2D eigenvalue weighted by molar-refractivity contribution is -0.179. The van der Waals surface area contributed by atoms with Crippen LogP contribution in [0.25, 0.3) is 0 Å². The van der Waals surface area contributed by atoms with Crippen molar-refractivity contribution in [3.05, 3.63) is 0 Å². The second-order valence-corrected chi connectivity index (χ2v) is 4.59. The Morgan fingerprint density at radius 2 is 1.58 bits per heavy atom. The smallest absolute Gasteiger partial charge is 0.0719 e. The van der Waals surface area contributed by atoms with Crippen LogP contribution in [0.5, 0.6) is 0 Å². The zero-order valence-electron chi connectivity index (χ0n) is 8.08. The summed E-state index contributed by atoms with van der Waals surface area (Å²) in [6.07, 6.45) is 2.88. The fraction of sp³-hybridized carbons (Fsp3) is 1.00. The van der Waals surface area contributed by atoms with E-state index in [1.165, 1.54) is 0 Å². The highest BCUT2D eigenvalue weighted by molar-refractivity contribution is 5.00. The molecule has 2 bridgehead atoms. The molecule has 2 nitrogen and oxygen atoms in total. The molecule has 0 amide bonds. The van der Waals surface area contributed by atoms with Crippen LogP contribution in [0.2, 0.25) is 0 Å². The molecule has 2 unspecified atom stereocenters. The van der Waals surface area contributed by atoms with Crippen LogP contribution < -0.4 is 0 Å². The number of hydrogen-bond acceptors (Lipinski definition) is 2. The minimum atomic E-state index is -0.524. The molecule has 2 aliphatic heterocycles. The summed E-state index contributed by atoms with van der Waals surface area (Å²) in [5.41, 5.74) is -0.524. The van der Waals surface area contributed by atoms with Crippen LogP contribution in [0.4, 0.5) is 0 Å². The summed E-state index contributed by atoms with van der Waals surface area (Å²) >= 11 is 0. The molecule has 0 aromatic rings. The summed E-state index contributed by atoms with van der Waals surface area (Å²) in [6.45, 7) is 6.15. The first kappa shape index (κ1) is 8.52. The molecule has 2 heteroatoms. The van der Waals surface area contributed by atoms with E-state index >= 15 is 0 Å². The van der Waals surface area contributed by atoms with Gasteiger partial charge in [-0.3, -0.25) is 0 Å². The molecular formula is C10H18O2. The molecule has 0 spiro atoms. The van der Waals surface area contributed by atoms with Gasteiger partial charge in [0.2, 0.25) is 0 Å². The maximum Gasteiger partial charge on any atom is 0.0719 e. The highest BCUT2D eigenvalue weighted by Gasteiger charge is 2.51. The third-order valence-corrected chi connectivity index (χ3v) is 4.04. The van der Waals surface area contributed by atoms with Gasteiger partial charge in [-0.05, 0) is 19.8 Å². The van der Waals surface area contributed by atoms with E-state index in [1.807, 2.05) is 6.92 Å². The van der Waals surface area contributed by atoms with E-state index in [0.29, 0.717) is 12.2 Å². The van der Waals surface area contributed by atoms with Crippen molar-refractivity contribution in [3.63, 3.8) is 0 Å². The molecule has 0 aliphatic carbocycles. The minimum Gasteiger partial charge on any atom is -0.389 e. The Morgan fingerprint density at radius 1 is 1.17 bits per heavy atom. The van der Waals surface area contributed by atoms with E-state index in [0.717, 1.165) is 12.8 Å². The molecule has 0 aromatic heterocycles. The van der Waals surface area contributed by atoms with Gasteiger partial charge in [-0.1, -0.05) is 13.8 Å². The Kier molecular flexibility index (Phi) is 1.74. The molecular weight excluding hydrogens is 152 g/mol. The van der Waals surface area contributed by atoms with E-state index in [2.05, 4.69) is 13.8 Å². The van der Waals surface area contributed by atoms with Crippen LogP contribution in [0.3, 0.4) is 0 Å². The van der Waals surface area contributed by atoms with Gasteiger partial charge in [0.15, 0.2) is 0 Å². The van der Waals surface area contributed by atoms with Crippen molar-refractivity contribution in [1.29, 1.82) is 0 Å². The van der Waals surface area contributed by atoms with Crippen molar-refractivity contribution in [3.8, 4) is 0 Å². The largest absolute Gasteiger partial charge is 0.389 e. The van der Waals surface area contributed by atoms with Crippen LogP contribution in [-0.4, -0.2) is 22.9 Å². The second kappa shape index (κ2) is 2.46. The predicted octanol–water partition coefficient (Wildman–Crippen LogP) is 1.57. The fourth-order valence-electron chi connectivity index (χ4n) is 2.59. The molecule has 2 aliphatic rings. The van der Waals surface area contributed by atoms with Gasteiger partial charge in [0.1, 0.15) is 0 Å². The molecule has 2 rings (SSSR count). The number of aliphatic hydroxyl groups is 1. The van der Waals surface area contributed by atoms with Crippen molar-refractivity contribution in [1.82, 2.24) is 0 Å². The number of ether oxygens (including phenoxy) is 1. The van der Waals surface area contributed by atoms with Crippen LogP contribution in [0.1, 0.15) is 33.6 Å². The van der Waals surface area contributed by atoms with Crippen molar-refractivity contribution < 1.29 is 9.84 Å². The first-order chi connectivity index (χ1) is 5.53. The molecule has 2 heterocycles. The summed E-state index contributed by atoms with van der Waals surface area (Å²) in [4.78, 5) is 0. The standard InChI is InChI=1S/C10H18O2/c1-6-8-4-5-9(12-8)7(2)10(6,3)11/h6-9,11H,4-5H2,1-3H3/t6-,7+,8+,9?,10?/m1/s1. The Morgan fingerprint density at radius 3 is 2.00 bits per heavy atom. The number of fused-ring (bicyclic) bond motifs is 2. The molecule has 5 atom stereocenters. The van der Waals surface area contributed by atoms with Gasteiger partial charge in [-0.15, -0.1) is 0 Å². The highest BCUT2D eigenvalue weighted by atomic mass is 16.5. The van der Waals surface area contributed by atoms with Gasteiger partial charge < -0.3 is 9.84 Å². The lowest BCUT2D eigenvalue weighted by Gasteiger charge is -2.44. The summed E-state index contributed by atoms with van der Waals surface area (Å²) in [7, 11) is 0. The lowest BCUT2D eigenvalue weighted by atomic mass is 9.75. The minimum absolute atomic E-state index is 0.284. The van der Waals surface area contributed by atoms with Crippen molar-refractivity contribution in [2.75, 3.05) is 0 Å². The molecule has 0 radical (unpaired) electrons. The Labute approximate surface area is 73.9 Å². The topological polar surface area (TPSA) is 29.5 Å². The molecule has 2 saturated heterocycles. The van der Waals surface area contributed by atoms with E-state index in [-0.39, 0.29) is 11.8 Å². The second-order valence-electron chi connectivity index (χ2n) is 4.59.